The topological polar surface area (TPSA) is 196 Å². The first kappa shape index (κ1) is 41.2. The standard InChI is InChI=1S/C44H34N8.C8H4Cl2O2/c45-29-9-1-25(2-10-29)41-33-17-19-35(49-33)42(26-3-11-30(46)12-4-26)37-21-23-39(51-37)44(28-7-15-32(48)16-8-28)40-24-22-38(52-40)43(36-20-18-34(41)50-36)27-5-13-31(47)14-6-27;9-7(11)5-1-2-6(4-3-5)8(10)12/h1-24,49,52H,45-48H2;1-4H. The molecular formula is C52H38Cl2N8O2. The molecule has 0 saturated heterocycles. The molecule has 2 aliphatic rings. The van der Waals surface area contributed by atoms with Gasteiger partial charge < -0.3 is 32.9 Å². The van der Waals surface area contributed by atoms with Crippen molar-refractivity contribution < 1.29 is 9.59 Å². The third kappa shape index (κ3) is 8.38. The first-order valence-corrected chi connectivity index (χ1v) is 20.8. The van der Waals surface area contributed by atoms with Crippen LogP contribution in [-0.4, -0.2) is 30.4 Å². The fourth-order valence-electron chi connectivity index (χ4n) is 7.75. The summed E-state index contributed by atoms with van der Waals surface area (Å²) in [4.78, 5) is 39.3. The Labute approximate surface area is 377 Å². The molecular weight excluding hydrogens is 840 g/mol. The lowest BCUT2D eigenvalue weighted by molar-refractivity contribution is 0.107. The van der Waals surface area contributed by atoms with Crippen LogP contribution in [0.4, 0.5) is 22.7 Å². The number of rotatable bonds is 6. The van der Waals surface area contributed by atoms with Crippen molar-refractivity contribution in [3.05, 3.63) is 179 Å². The molecule has 0 fully saturated rings. The van der Waals surface area contributed by atoms with Gasteiger partial charge in [0.1, 0.15) is 0 Å². The zero-order chi connectivity index (χ0) is 44.5. The molecule has 10 N–H and O–H groups in total. The predicted molar refractivity (Wildman–Crippen MR) is 265 cm³/mol. The molecule has 10 rings (SSSR count). The van der Waals surface area contributed by atoms with E-state index in [9.17, 15) is 9.59 Å². The Morgan fingerprint density at radius 1 is 0.344 bits per heavy atom. The van der Waals surface area contributed by atoms with Crippen molar-refractivity contribution in [3.63, 3.8) is 0 Å². The molecule has 0 spiro atoms. The van der Waals surface area contributed by atoms with Gasteiger partial charge in [-0.1, -0.05) is 48.5 Å². The number of hydrogen-bond donors (Lipinski definition) is 6. The summed E-state index contributed by atoms with van der Waals surface area (Å²) >= 11 is 10.4. The van der Waals surface area contributed by atoms with Crippen molar-refractivity contribution in [3.8, 4) is 44.5 Å². The van der Waals surface area contributed by atoms with Gasteiger partial charge in [-0.25, -0.2) is 9.97 Å². The number of H-pyrrole nitrogens is 2. The second-order valence-corrected chi connectivity index (χ2v) is 15.8. The predicted octanol–water partition coefficient (Wildman–Crippen LogP) is 12.1. The number of carbonyl (C=O) groups excluding carboxylic acids is 2. The number of carbonyl (C=O) groups is 2. The molecule has 5 heterocycles. The number of anilines is 4. The van der Waals surface area contributed by atoms with E-state index < -0.39 is 10.5 Å². The van der Waals surface area contributed by atoms with Crippen LogP contribution < -0.4 is 22.9 Å². The van der Waals surface area contributed by atoms with Crippen molar-refractivity contribution in [2.45, 2.75) is 0 Å². The number of nitrogens with two attached hydrogens (primary N) is 4. The van der Waals surface area contributed by atoms with Crippen LogP contribution in [-0.2, 0) is 0 Å². The van der Waals surface area contributed by atoms with Crippen LogP contribution in [0.2, 0.25) is 0 Å². The SMILES string of the molecule is Nc1ccc(-c2c3nc(c(-c4ccc(N)cc4)c4ccc([nH]4)c(-c4ccc(N)cc4)c4nc(c(-c5ccc(N)cc5)c5ccc2[nH]5)C=C4)C=C3)cc1.O=C(Cl)c1ccc(C(=O)Cl)cc1. The number of nitrogens with one attached hydrogen (secondary N) is 2. The molecule has 10 nitrogen and oxygen atoms in total. The van der Waals surface area contributed by atoms with E-state index in [4.69, 9.17) is 56.1 Å². The Morgan fingerprint density at radius 2 is 0.562 bits per heavy atom. The maximum atomic E-state index is 10.6. The van der Waals surface area contributed by atoms with Gasteiger partial charge in [-0.15, -0.1) is 0 Å². The summed E-state index contributed by atoms with van der Waals surface area (Å²) in [5, 5.41) is -1.10. The summed E-state index contributed by atoms with van der Waals surface area (Å²) in [6.45, 7) is 0. The van der Waals surface area contributed by atoms with Gasteiger partial charge in [0, 0.05) is 78.2 Å². The van der Waals surface area contributed by atoms with Gasteiger partial charge in [0.05, 0.1) is 22.8 Å². The van der Waals surface area contributed by atoms with Crippen molar-refractivity contribution in [2.24, 2.45) is 0 Å². The summed E-state index contributed by atoms with van der Waals surface area (Å²) in [7, 11) is 0. The van der Waals surface area contributed by atoms with Gasteiger partial charge >= 0.3 is 0 Å². The highest BCUT2D eigenvalue weighted by molar-refractivity contribution is 6.68. The van der Waals surface area contributed by atoms with Crippen molar-refractivity contribution in [1.82, 2.24) is 19.9 Å². The highest BCUT2D eigenvalue weighted by atomic mass is 35.5. The highest BCUT2D eigenvalue weighted by Crippen LogP contribution is 2.39. The number of aromatic amines is 2. The number of hydrogen-bond acceptors (Lipinski definition) is 8. The Hall–Kier alpha value is -8.18. The second-order valence-electron chi connectivity index (χ2n) is 15.1. The van der Waals surface area contributed by atoms with E-state index in [0.717, 1.165) is 89.4 Å². The summed E-state index contributed by atoms with van der Waals surface area (Å²) in [6, 6.07) is 45.8. The molecule has 0 unspecified atom stereocenters. The van der Waals surface area contributed by atoms with Crippen molar-refractivity contribution in [1.29, 1.82) is 0 Å². The molecule has 8 aromatic rings. The quantitative estimate of drug-likeness (QED) is 0.0701. The maximum absolute atomic E-state index is 10.6. The van der Waals surface area contributed by atoms with Crippen LogP contribution in [0.1, 0.15) is 43.5 Å². The van der Waals surface area contributed by atoms with E-state index in [0.29, 0.717) is 33.9 Å². The summed E-state index contributed by atoms with van der Waals surface area (Å²) in [5.74, 6) is 0. The largest absolute Gasteiger partial charge is 0.399 e. The van der Waals surface area contributed by atoms with Crippen LogP contribution in [0, 0.1) is 0 Å². The van der Waals surface area contributed by atoms with E-state index in [2.05, 4.69) is 58.5 Å². The summed E-state index contributed by atoms with van der Waals surface area (Å²) < 4.78 is 0. The highest BCUT2D eigenvalue weighted by Gasteiger charge is 2.19. The molecule has 312 valence electrons. The van der Waals surface area contributed by atoms with E-state index in [1.807, 2.05) is 97.1 Å². The van der Waals surface area contributed by atoms with Crippen LogP contribution in [0.15, 0.2) is 146 Å². The van der Waals surface area contributed by atoms with E-state index in [-0.39, 0.29) is 0 Å². The zero-order valence-electron chi connectivity index (χ0n) is 33.9. The summed E-state index contributed by atoms with van der Waals surface area (Å²) in [5.41, 5.74) is 42.6. The van der Waals surface area contributed by atoms with Crippen molar-refractivity contribution in [2.75, 3.05) is 22.9 Å². The normalized spacial score (nSPS) is 11.5. The van der Waals surface area contributed by atoms with E-state index in [1.165, 1.54) is 24.3 Å². The van der Waals surface area contributed by atoms with Crippen LogP contribution in [0.3, 0.4) is 0 Å². The average molecular weight is 878 g/mol. The third-order valence-corrected chi connectivity index (χ3v) is 11.3. The fourth-order valence-corrected chi connectivity index (χ4v) is 8.00. The van der Waals surface area contributed by atoms with Crippen LogP contribution in [0.25, 0.3) is 90.9 Å². The Kier molecular flexibility index (Phi) is 11.1. The minimum Gasteiger partial charge on any atom is -0.399 e. The molecule has 0 saturated carbocycles. The lowest BCUT2D eigenvalue weighted by atomic mass is 10.0. The first-order valence-electron chi connectivity index (χ1n) is 20.1. The Morgan fingerprint density at radius 3 is 0.766 bits per heavy atom. The number of fused-ring (bicyclic) bond motifs is 8. The van der Waals surface area contributed by atoms with Gasteiger partial charge in [-0.2, -0.15) is 0 Å². The van der Waals surface area contributed by atoms with Gasteiger partial charge in [0.2, 0.25) is 0 Å². The number of nitrogen functional groups attached to an aromatic ring is 4. The molecule has 0 aliphatic carbocycles. The number of aromatic nitrogens is 4. The molecule has 5 aromatic carbocycles. The van der Waals surface area contributed by atoms with Gasteiger partial charge in [0.15, 0.2) is 0 Å². The van der Waals surface area contributed by atoms with E-state index in [1.54, 1.807) is 0 Å². The lowest BCUT2D eigenvalue weighted by Gasteiger charge is -2.07. The van der Waals surface area contributed by atoms with Crippen LogP contribution >= 0.6 is 23.2 Å². The number of halogens is 2. The molecule has 8 bridgehead atoms. The average Bonchev–Trinajstić information content (AvgIpc) is 4.15. The minimum absolute atomic E-state index is 0.346. The minimum atomic E-state index is -0.552. The summed E-state index contributed by atoms with van der Waals surface area (Å²) in [6.07, 6.45) is 8.29. The lowest BCUT2D eigenvalue weighted by Crippen LogP contribution is -1.92. The molecule has 12 heteroatoms. The molecule has 0 amide bonds. The number of benzene rings is 5. The first-order chi connectivity index (χ1) is 31.0. The number of nitrogens with zero attached hydrogens (tertiary/aromatic N) is 2. The smallest absolute Gasteiger partial charge is 0.252 e. The maximum Gasteiger partial charge on any atom is 0.252 e. The van der Waals surface area contributed by atoms with Crippen molar-refractivity contribution >= 4 is 103 Å². The molecule has 3 aromatic heterocycles. The Balaban J connectivity index is 0.000000377. The second kappa shape index (κ2) is 17.3. The van der Waals surface area contributed by atoms with E-state index >= 15 is 0 Å². The third-order valence-electron chi connectivity index (χ3n) is 10.9. The van der Waals surface area contributed by atoms with Gasteiger partial charge in [0.25, 0.3) is 10.5 Å². The van der Waals surface area contributed by atoms with Crippen LogP contribution in [0.5, 0.6) is 0 Å². The molecule has 0 radical (unpaired) electrons. The van der Waals surface area contributed by atoms with Gasteiger partial charge in [-0.05, 0) is 167 Å². The monoisotopic (exact) mass is 876 g/mol. The van der Waals surface area contributed by atoms with Gasteiger partial charge in [-0.3, -0.25) is 9.59 Å². The Bertz CT molecular complexity index is 2930. The fraction of sp³-hybridized carbons (Fsp3) is 0. The molecule has 2 aliphatic heterocycles. The molecule has 64 heavy (non-hydrogen) atoms. The zero-order valence-corrected chi connectivity index (χ0v) is 35.5. The molecule has 0 atom stereocenters.